The van der Waals surface area contributed by atoms with Crippen LogP contribution in [0.5, 0.6) is 0 Å². The molecule has 2 aromatic carbocycles. The number of thioether (sulfide) groups is 1. The predicted molar refractivity (Wildman–Crippen MR) is 115 cm³/mol. The molecule has 0 N–H and O–H groups in total. The number of hydrogen-bond acceptors (Lipinski definition) is 6. The molecule has 5 rings (SSSR count). The highest BCUT2D eigenvalue weighted by atomic mass is 32.2. The summed E-state index contributed by atoms with van der Waals surface area (Å²) in [7, 11) is 0. The smallest absolute Gasteiger partial charge is 0.262 e. The zero-order valence-corrected chi connectivity index (χ0v) is 16.9. The topological polar surface area (TPSA) is 89.4 Å². The number of rotatable bonds is 6. The molecule has 0 amide bonds. The highest BCUT2D eigenvalue weighted by Crippen LogP contribution is 2.41. The molecule has 1 saturated carbocycles. The summed E-state index contributed by atoms with van der Waals surface area (Å²) >= 11 is 1.48. The van der Waals surface area contributed by atoms with Gasteiger partial charge in [0.05, 0.1) is 22.7 Å². The van der Waals surface area contributed by atoms with E-state index in [1.54, 1.807) is 12.1 Å². The van der Waals surface area contributed by atoms with E-state index in [-0.39, 0.29) is 12.1 Å². The number of aromatic nitrogens is 5. The molecule has 0 radical (unpaired) electrons. The van der Waals surface area contributed by atoms with Crippen LogP contribution in [0.25, 0.3) is 16.6 Å². The Morgan fingerprint density at radius 2 is 1.83 bits per heavy atom. The van der Waals surface area contributed by atoms with Crippen LogP contribution in [-0.4, -0.2) is 24.3 Å². The number of benzene rings is 2. The van der Waals surface area contributed by atoms with E-state index in [4.69, 9.17) is 0 Å². The molecule has 0 bridgehead atoms. The second kappa shape index (κ2) is 7.76. The standard InChI is InChI=1S/C22H18N6OS/c23-12-13-27-19(24-18-9-5-4-8-17(18)21(27)29)14-30-22-26-25-20(15-10-11-15)28(22)16-6-2-1-3-7-16/h1-9,15H,10-11,13-14H2. The van der Waals surface area contributed by atoms with E-state index in [1.165, 1.54) is 16.3 Å². The van der Waals surface area contributed by atoms with Gasteiger partial charge in [-0.3, -0.25) is 13.9 Å². The van der Waals surface area contributed by atoms with Crippen molar-refractivity contribution in [1.82, 2.24) is 24.3 Å². The van der Waals surface area contributed by atoms with Crippen LogP contribution in [0.15, 0.2) is 64.5 Å². The van der Waals surface area contributed by atoms with Gasteiger partial charge in [0, 0.05) is 11.6 Å². The highest BCUT2D eigenvalue weighted by Gasteiger charge is 2.31. The number of nitriles is 1. The van der Waals surface area contributed by atoms with E-state index in [1.807, 2.05) is 42.5 Å². The molecule has 0 unspecified atom stereocenters. The van der Waals surface area contributed by atoms with Crippen molar-refractivity contribution in [3.05, 3.63) is 76.6 Å². The Morgan fingerprint density at radius 1 is 1.07 bits per heavy atom. The average molecular weight is 414 g/mol. The molecular weight excluding hydrogens is 396 g/mol. The molecule has 30 heavy (non-hydrogen) atoms. The average Bonchev–Trinajstić information content (AvgIpc) is 3.54. The maximum absolute atomic E-state index is 12.9. The van der Waals surface area contributed by atoms with Crippen LogP contribution in [-0.2, 0) is 12.3 Å². The molecule has 1 aliphatic carbocycles. The van der Waals surface area contributed by atoms with Gasteiger partial charge in [-0.2, -0.15) is 5.26 Å². The predicted octanol–water partition coefficient (Wildman–Crippen LogP) is 3.67. The summed E-state index contributed by atoms with van der Waals surface area (Å²) in [5, 5.41) is 19.4. The SMILES string of the molecule is N#CCn1c(CSc2nnc(C3CC3)n2-c2ccccc2)nc2ccccc2c1=O. The van der Waals surface area contributed by atoms with Crippen LogP contribution in [0.4, 0.5) is 0 Å². The fourth-order valence-electron chi connectivity index (χ4n) is 3.49. The lowest BCUT2D eigenvalue weighted by Crippen LogP contribution is -2.24. The van der Waals surface area contributed by atoms with Gasteiger partial charge in [0.1, 0.15) is 18.2 Å². The van der Waals surface area contributed by atoms with Crippen LogP contribution < -0.4 is 5.56 Å². The summed E-state index contributed by atoms with van der Waals surface area (Å²) in [6, 6.07) is 19.3. The lowest BCUT2D eigenvalue weighted by Gasteiger charge is -2.12. The second-order valence-corrected chi connectivity index (χ2v) is 8.11. The minimum absolute atomic E-state index is 0.0364. The first-order chi connectivity index (χ1) is 14.8. The van der Waals surface area contributed by atoms with Crippen LogP contribution in [0.3, 0.4) is 0 Å². The Morgan fingerprint density at radius 3 is 2.60 bits per heavy atom. The molecule has 2 aromatic heterocycles. The summed E-state index contributed by atoms with van der Waals surface area (Å²) in [6.45, 7) is -0.0364. The first-order valence-corrected chi connectivity index (χ1v) is 10.7. The van der Waals surface area contributed by atoms with Crippen LogP contribution >= 0.6 is 11.8 Å². The molecule has 7 nitrogen and oxygen atoms in total. The lowest BCUT2D eigenvalue weighted by molar-refractivity contribution is 0.729. The van der Waals surface area contributed by atoms with E-state index >= 15 is 0 Å². The molecule has 1 fully saturated rings. The van der Waals surface area contributed by atoms with Crippen molar-refractivity contribution in [1.29, 1.82) is 5.26 Å². The van der Waals surface area contributed by atoms with Crippen LogP contribution in [0, 0.1) is 11.3 Å². The maximum Gasteiger partial charge on any atom is 0.262 e. The van der Waals surface area contributed by atoms with Crippen molar-refractivity contribution in [2.24, 2.45) is 0 Å². The maximum atomic E-state index is 12.9. The third kappa shape index (κ3) is 3.37. The van der Waals surface area contributed by atoms with Gasteiger partial charge in [-0.05, 0) is 37.1 Å². The normalized spacial score (nSPS) is 13.4. The van der Waals surface area contributed by atoms with Gasteiger partial charge in [-0.25, -0.2) is 4.98 Å². The van der Waals surface area contributed by atoms with Gasteiger partial charge in [-0.15, -0.1) is 10.2 Å². The van der Waals surface area contributed by atoms with E-state index in [2.05, 4.69) is 25.8 Å². The van der Waals surface area contributed by atoms with Gasteiger partial charge < -0.3 is 0 Å². The Labute approximate surface area is 177 Å². The van der Waals surface area contributed by atoms with Crippen molar-refractivity contribution in [2.75, 3.05) is 0 Å². The first-order valence-electron chi connectivity index (χ1n) is 9.75. The van der Waals surface area contributed by atoms with Crippen LogP contribution in [0.1, 0.15) is 30.4 Å². The summed E-state index contributed by atoms with van der Waals surface area (Å²) in [6.07, 6.45) is 2.26. The number of fused-ring (bicyclic) bond motifs is 1. The first kappa shape index (κ1) is 18.6. The molecule has 1 aliphatic rings. The monoisotopic (exact) mass is 414 g/mol. The lowest BCUT2D eigenvalue weighted by atomic mass is 10.2. The zero-order valence-electron chi connectivity index (χ0n) is 16.1. The Hall–Kier alpha value is -3.44. The zero-order chi connectivity index (χ0) is 20.5. The fourth-order valence-corrected chi connectivity index (χ4v) is 4.39. The molecular formula is C22H18N6OS. The van der Waals surface area contributed by atoms with Crippen molar-refractivity contribution in [3.63, 3.8) is 0 Å². The second-order valence-electron chi connectivity index (χ2n) is 7.17. The fraction of sp³-hybridized carbons (Fsp3) is 0.227. The van der Waals surface area contributed by atoms with Gasteiger partial charge >= 0.3 is 0 Å². The quantitative estimate of drug-likeness (QED) is 0.447. The summed E-state index contributed by atoms with van der Waals surface area (Å²) in [5.41, 5.74) is 1.46. The van der Waals surface area contributed by atoms with Gasteiger partial charge in [0.2, 0.25) is 0 Å². The van der Waals surface area contributed by atoms with Crippen molar-refractivity contribution in [2.45, 2.75) is 36.2 Å². The third-order valence-corrected chi connectivity index (χ3v) is 6.04. The molecule has 148 valence electrons. The van der Waals surface area contributed by atoms with Gasteiger partial charge in [0.25, 0.3) is 5.56 Å². The molecule has 0 saturated heterocycles. The molecule has 0 aliphatic heterocycles. The van der Waals surface area contributed by atoms with E-state index in [9.17, 15) is 10.1 Å². The molecule has 2 heterocycles. The van der Waals surface area contributed by atoms with Crippen molar-refractivity contribution in [3.8, 4) is 11.8 Å². The van der Waals surface area contributed by atoms with E-state index < -0.39 is 0 Å². The summed E-state index contributed by atoms with van der Waals surface area (Å²) in [5.74, 6) is 2.39. The summed E-state index contributed by atoms with van der Waals surface area (Å²) < 4.78 is 3.54. The molecule has 4 aromatic rings. The van der Waals surface area contributed by atoms with E-state index in [0.29, 0.717) is 28.4 Å². The number of para-hydroxylation sites is 2. The molecule has 0 spiro atoms. The van der Waals surface area contributed by atoms with Gasteiger partial charge in [0.15, 0.2) is 5.16 Å². The molecule has 8 heteroatoms. The third-order valence-electron chi connectivity index (χ3n) is 5.12. The van der Waals surface area contributed by atoms with Crippen molar-refractivity contribution < 1.29 is 0 Å². The van der Waals surface area contributed by atoms with Crippen molar-refractivity contribution >= 4 is 22.7 Å². The summed E-state index contributed by atoms with van der Waals surface area (Å²) in [4.78, 5) is 17.5. The minimum Gasteiger partial charge on any atom is -0.281 e. The van der Waals surface area contributed by atoms with Crippen LogP contribution in [0.2, 0.25) is 0 Å². The number of hydrogen-bond donors (Lipinski definition) is 0. The Kier molecular flexibility index (Phi) is 4.81. The Balaban J connectivity index is 1.53. The molecule has 0 atom stereocenters. The van der Waals surface area contributed by atoms with E-state index in [0.717, 1.165) is 29.5 Å². The minimum atomic E-state index is -0.194. The largest absolute Gasteiger partial charge is 0.281 e. The Bertz CT molecular complexity index is 1320. The van der Waals surface area contributed by atoms with Gasteiger partial charge in [-0.1, -0.05) is 42.1 Å². The number of nitrogens with zero attached hydrogens (tertiary/aromatic N) is 6. The highest BCUT2D eigenvalue weighted by molar-refractivity contribution is 7.98.